The largest absolute Gasteiger partial charge is 0.271 e. The summed E-state index contributed by atoms with van der Waals surface area (Å²) in [5.41, 5.74) is 0.761. The van der Waals surface area contributed by atoms with Crippen LogP contribution in [0.5, 0.6) is 0 Å². The van der Waals surface area contributed by atoms with Crippen LogP contribution in [0.1, 0.15) is 6.92 Å². The van der Waals surface area contributed by atoms with Crippen LogP contribution in [0, 0.1) is 0 Å². The van der Waals surface area contributed by atoms with Gasteiger partial charge in [-0.2, -0.15) is 10.1 Å². The molecule has 1 aromatic heterocycles. The van der Waals surface area contributed by atoms with Crippen molar-refractivity contribution in [1.29, 1.82) is 0 Å². The second kappa shape index (κ2) is 3.25. The molecule has 1 aromatic rings. The van der Waals surface area contributed by atoms with E-state index in [-0.39, 0.29) is 0 Å². The molecule has 0 amide bonds. The minimum Gasteiger partial charge on any atom is -0.271 e. The second-order valence-electron chi connectivity index (χ2n) is 1.76. The molecule has 0 saturated heterocycles. The zero-order valence-corrected chi connectivity index (χ0v) is 6.43. The van der Waals surface area contributed by atoms with E-state index in [1.54, 1.807) is 10.9 Å². The highest BCUT2D eigenvalue weighted by molar-refractivity contribution is 7.78. The molecular formula is C6H7N3S. The Balaban J connectivity index is 2.87. The summed E-state index contributed by atoms with van der Waals surface area (Å²) in [4.78, 5) is 3.76. The predicted molar refractivity (Wildman–Crippen MR) is 42.6 cm³/mol. The van der Waals surface area contributed by atoms with Gasteiger partial charge in [0.05, 0.1) is 17.6 Å². The van der Waals surface area contributed by atoms with Crippen LogP contribution < -0.4 is 0 Å². The summed E-state index contributed by atoms with van der Waals surface area (Å²) >= 11 is 4.43. The number of rotatable bonds is 2. The predicted octanol–water partition coefficient (Wildman–Crippen LogP) is 1.64. The van der Waals surface area contributed by atoms with E-state index in [2.05, 4.69) is 27.5 Å². The van der Waals surface area contributed by atoms with E-state index < -0.39 is 0 Å². The third kappa shape index (κ3) is 1.50. The topological polar surface area (TPSA) is 30.2 Å². The molecule has 0 aliphatic rings. The smallest absolute Gasteiger partial charge is 0.112 e. The Hall–Kier alpha value is -0.990. The van der Waals surface area contributed by atoms with Gasteiger partial charge in [0, 0.05) is 6.54 Å². The number of aliphatic imine (C=N–C) groups is 1. The SMILES string of the molecule is CCn1cc(N=C=S)cn1. The molecule has 0 spiro atoms. The van der Waals surface area contributed by atoms with Crippen LogP contribution in [-0.2, 0) is 6.54 Å². The van der Waals surface area contributed by atoms with Gasteiger partial charge in [-0.3, -0.25) is 4.68 Å². The minimum atomic E-state index is 0.761. The first-order valence-corrected chi connectivity index (χ1v) is 3.38. The number of hydrogen-bond donors (Lipinski definition) is 0. The molecule has 52 valence electrons. The van der Waals surface area contributed by atoms with Crippen molar-refractivity contribution in [2.75, 3.05) is 0 Å². The van der Waals surface area contributed by atoms with E-state index in [0.29, 0.717) is 0 Å². The summed E-state index contributed by atoms with van der Waals surface area (Å²) in [6.07, 6.45) is 3.47. The summed E-state index contributed by atoms with van der Waals surface area (Å²) in [6.45, 7) is 2.87. The maximum Gasteiger partial charge on any atom is 0.112 e. The first kappa shape index (κ1) is 7.12. The average Bonchev–Trinajstić information content (AvgIpc) is 2.37. The number of aryl methyl sites for hydroxylation is 1. The second-order valence-corrected chi connectivity index (χ2v) is 1.94. The lowest BCUT2D eigenvalue weighted by atomic mass is 10.6. The lowest BCUT2D eigenvalue weighted by Gasteiger charge is -1.88. The fraction of sp³-hybridized carbons (Fsp3) is 0.333. The Kier molecular flexibility index (Phi) is 2.31. The van der Waals surface area contributed by atoms with Gasteiger partial charge in [0.2, 0.25) is 0 Å². The summed E-state index contributed by atoms with van der Waals surface area (Å²) < 4.78 is 1.78. The molecule has 0 atom stereocenters. The number of nitrogens with zero attached hydrogens (tertiary/aromatic N) is 3. The molecule has 0 aromatic carbocycles. The van der Waals surface area contributed by atoms with Crippen molar-refractivity contribution in [2.24, 2.45) is 4.99 Å². The average molecular weight is 153 g/mol. The molecule has 0 unspecified atom stereocenters. The Labute approximate surface area is 64.4 Å². The quantitative estimate of drug-likeness (QED) is 0.477. The monoisotopic (exact) mass is 153 g/mol. The number of hydrogen-bond acceptors (Lipinski definition) is 3. The number of isothiocyanates is 1. The highest BCUT2D eigenvalue weighted by atomic mass is 32.1. The van der Waals surface area contributed by atoms with Gasteiger partial charge in [0.1, 0.15) is 5.69 Å². The highest BCUT2D eigenvalue weighted by Gasteiger charge is 1.91. The Bertz CT molecular complexity index is 260. The zero-order valence-electron chi connectivity index (χ0n) is 5.61. The molecule has 0 radical (unpaired) electrons. The van der Waals surface area contributed by atoms with E-state index >= 15 is 0 Å². The van der Waals surface area contributed by atoms with Crippen molar-refractivity contribution in [1.82, 2.24) is 9.78 Å². The van der Waals surface area contributed by atoms with Crippen LogP contribution in [0.3, 0.4) is 0 Å². The molecule has 3 nitrogen and oxygen atoms in total. The van der Waals surface area contributed by atoms with Gasteiger partial charge in [-0.15, -0.1) is 0 Å². The third-order valence-electron chi connectivity index (χ3n) is 1.12. The van der Waals surface area contributed by atoms with Crippen molar-refractivity contribution >= 4 is 23.1 Å². The van der Waals surface area contributed by atoms with Crippen LogP contribution >= 0.6 is 12.2 Å². The molecule has 0 fully saturated rings. The van der Waals surface area contributed by atoms with Gasteiger partial charge in [-0.25, -0.2) is 0 Å². The Morgan fingerprint density at radius 2 is 2.70 bits per heavy atom. The molecule has 0 saturated carbocycles. The van der Waals surface area contributed by atoms with Crippen LogP contribution in [0.4, 0.5) is 5.69 Å². The molecular weight excluding hydrogens is 146 g/mol. The highest BCUT2D eigenvalue weighted by Crippen LogP contribution is 2.07. The van der Waals surface area contributed by atoms with Gasteiger partial charge < -0.3 is 0 Å². The maximum absolute atomic E-state index is 4.43. The Morgan fingerprint density at radius 1 is 1.90 bits per heavy atom. The molecule has 0 N–H and O–H groups in total. The van der Waals surface area contributed by atoms with Gasteiger partial charge in [-0.1, -0.05) is 0 Å². The number of thiocarbonyl (C=S) groups is 1. The van der Waals surface area contributed by atoms with Crippen molar-refractivity contribution in [3.63, 3.8) is 0 Å². The molecule has 4 heteroatoms. The van der Waals surface area contributed by atoms with E-state index in [1.165, 1.54) is 0 Å². The fourth-order valence-electron chi connectivity index (χ4n) is 0.636. The summed E-state index contributed by atoms with van der Waals surface area (Å²) in [6, 6.07) is 0. The van der Waals surface area contributed by atoms with Crippen LogP contribution in [0.15, 0.2) is 17.4 Å². The Morgan fingerprint density at radius 3 is 3.20 bits per heavy atom. The van der Waals surface area contributed by atoms with E-state index in [0.717, 1.165) is 12.2 Å². The summed E-state index contributed by atoms with van der Waals surface area (Å²) in [5.74, 6) is 0. The fourth-order valence-corrected chi connectivity index (χ4v) is 0.741. The third-order valence-corrected chi connectivity index (χ3v) is 1.21. The van der Waals surface area contributed by atoms with Crippen LogP contribution in [0.25, 0.3) is 0 Å². The van der Waals surface area contributed by atoms with Gasteiger partial charge >= 0.3 is 0 Å². The summed E-state index contributed by atoms with van der Waals surface area (Å²) in [7, 11) is 0. The first-order chi connectivity index (χ1) is 4.86. The van der Waals surface area contributed by atoms with Crippen molar-refractivity contribution in [3.05, 3.63) is 12.4 Å². The number of aromatic nitrogens is 2. The molecule has 10 heavy (non-hydrogen) atoms. The van der Waals surface area contributed by atoms with E-state index in [1.807, 2.05) is 13.1 Å². The normalized spacial score (nSPS) is 8.90. The first-order valence-electron chi connectivity index (χ1n) is 2.97. The molecule has 0 aliphatic carbocycles. The lowest BCUT2D eigenvalue weighted by Crippen LogP contribution is -1.91. The minimum absolute atomic E-state index is 0.761. The van der Waals surface area contributed by atoms with Crippen LogP contribution in [0.2, 0.25) is 0 Å². The van der Waals surface area contributed by atoms with E-state index in [4.69, 9.17) is 0 Å². The zero-order chi connectivity index (χ0) is 7.40. The van der Waals surface area contributed by atoms with Gasteiger partial charge in [-0.05, 0) is 19.1 Å². The van der Waals surface area contributed by atoms with Gasteiger partial charge in [0.25, 0.3) is 0 Å². The van der Waals surface area contributed by atoms with Crippen molar-refractivity contribution in [2.45, 2.75) is 13.5 Å². The van der Waals surface area contributed by atoms with E-state index in [9.17, 15) is 0 Å². The molecule has 0 aliphatic heterocycles. The maximum atomic E-state index is 4.43. The molecule has 1 rings (SSSR count). The standard InChI is InChI=1S/C6H7N3S/c1-2-9-4-6(3-8-9)7-5-10/h3-4H,2H2,1H3. The van der Waals surface area contributed by atoms with Crippen molar-refractivity contribution < 1.29 is 0 Å². The lowest BCUT2D eigenvalue weighted by molar-refractivity contribution is 0.660. The molecule has 1 heterocycles. The van der Waals surface area contributed by atoms with Crippen molar-refractivity contribution in [3.8, 4) is 0 Å². The van der Waals surface area contributed by atoms with Crippen LogP contribution in [-0.4, -0.2) is 14.9 Å². The van der Waals surface area contributed by atoms with Gasteiger partial charge in [0.15, 0.2) is 0 Å². The molecule has 0 bridgehead atoms. The summed E-state index contributed by atoms with van der Waals surface area (Å²) in [5, 5.41) is 6.27.